The molecule has 0 fully saturated rings. The number of rotatable bonds is 45. The van der Waals surface area contributed by atoms with Crippen molar-refractivity contribution in [2.45, 2.75) is 238 Å². The maximum absolute atomic E-state index is 12.8. The Morgan fingerprint density at radius 3 is 1.40 bits per heavy atom. The SMILES string of the molecule is CCCCC/C=C\C/C=C\CCCC(CCCCCCCC(=O)NCC(=O)NC(CO)C(=O)O)OC(=O)CCCCCCCCCC/C=C\C/C=C\C/C=C\CCCCCCC. The first-order valence-electron chi connectivity index (χ1n) is 25.2. The maximum atomic E-state index is 12.8. The molecule has 0 spiro atoms. The Labute approximate surface area is 379 Å². The Kier molecular flexibility index (Phi) is 44.4. The fourth-order valence-electron chi connectivity index (χ4n) is 7.11. The summed E-state index contributed by atoms with van der Waals surface area (Å²) < 4.78 is 6.02. The quantitative estimate of drug-likeness (QED) is 0.0271. The largest absolute Gasteiger partial charge is 0.480 e. The van der Waals surface area contributed by atoms with Gasteiger partial charge in [0.15, 0.2) is 0 Å². The zero-order valence-corrected chi connectivity index (χ0v) is 39.6. The topological polar surface area (TPSA) is 142 Å². The van der Waals surface area contributed by atoms with Crippen LogP contribution in [0.5, 0.6) is 0 Å². The predicted octanol–water partition coefficient (Wildman–Crippen LogP) is 13.3. The molecular weight excluding hydrogens is 777 g/mol. The second-order valence-corrected chi connectivity index (χ2v) is 16.9. The lowest BCUT2D eigenvalue weighted by Gasteiger charge is -2.18. The standard InChI is InChI=1S/C53H92N2O7/c1-3-5-7-9-11-13-15-16-17-18-19-20-21-22-23-24-25-26-28-30-32-37-41-45-52(59)62-48(42-38-34-31-29-27-14-12-10-8-6-4-2)43-39-35-33-36-40-44-50(57)54-46-51(58)55-49(47-56)53(60)61/h12,14-16,18-19,21-22,29,31,48-49,56H,3-11,13,17,20,23-28,30,32-47H2,1-2H3,(H,54,57)(H,55,58)(H,60,61)/b14-12-,16-15-,19-18-,22-21-,31-29-. The average Bonchev–Trinajstić information content (AvgIpc) is 3.26. The summed E-state index contributed by atoms with van der Waals surface area (Å²) in [4.78, 5) is 47.7. The van der Waals surface area contributed by atoms with Crippen molar-refractivity contribution in [1.82, 2.24) is 10.6 Å². The summed E-state index contributed by atoms with van der Waals surface area (Å²) in [7, 11) is 0. The van der Waals surface area contributed by atoms with Crippen LogP contribution in [-0.2, 0) is 23.9 Å². The van der Waals surface area contributed by atoms with Crippen LogP contribution in [0.25, 0.3) is 0 Å². The number of carbonyl (C=O) groups excluding carboxylic acids is 3. The molecular formula is C53H92N2O7. The van der Waals surface area contributed by atoms with E-state index in [9.17, 15) is 19.2 Å². The van der Waals surface area contributed by atoms with Crippen molar-refractivity contribution in [2.24, 2.45) is 0 Å². The van der Waals surface area contributed by atoms with Gasteiger partial charge in [0.25, 0.3) is 0 Å². The minimum Gasteiger partial charge on any atom is -0.480 e. The van der Waals surface area contributed by atoms with E-state index in [0.717, 1.165) is 89.9 Å². The lowest BCUT2D eigenvalue weighted by Crippen LogP contribution is -2.47. The third-order valence-electron chi connectivity index (χ3n) is 11.0. The first-order valence-corrected chi connectivity index (χ1v) is 25.2. The molecule has 0 heterocycles. The van der Waals surface area contributed by atoms with Crippen LogP contribution in [0.15, 0.2) is 60.8 Å². The minimum absolute atomic E-state index is 0.0638. The van der Waals surface area contributed by atoms with E-state index < -0.39 is 24.5 Å². The average molecular weight is 869 g/mol. The van der Waals surface area contributed by atoms with Gasteiger partial charge in [0.05, 0.1) is 13.2 Å². The Bertz CT molecular complexity index is 1220. The molecule has 4 N–H and O–H groups in total. The summed E-state index contributed by atoms with van der Waals surface area (Å²) >= 11 is 0. The van der Waals surface area contributed by atoms with Crippen molar-refractivity contribution in [3.63, 3.8) is 0 Å². The summed E-state index contributed by atoms with van der Waals surface area (Å²) in [5, 5.41) is 22.6. The Morgan fingerprint density at radius 1 is 0.484 bits per heavy atom. The lowest BCUT2D eigenvalue weighted by atomic mass is 10.0. The number of allylic oxidation sites excluding steroid dienone is 10. The number of carboxylic acids is 1. The number of aliphatic hydroxyl groups is 1. The Hall–Kier alpha value is -3.46. The van der Waals surface area contributed by atoms with Crippen LogP contribution < -0.4 is 10.6 Å². The summed E-state index contributed by atoms with van der Waals surface area (Å²) in [6.07, 6.45) is 58.3. The zero-order chi connectivity index (χ0) is 45.4. The fourth-order valence-corrected chi connectivity index (χ4v) is 7.11. The van der Waals surface area contributed by atoms with Crippen LogP contribution in [-0.4, -0.2) is 59.3 Å². The van der Waals surface area contributed by atoms with Crippen molar-refractivity contribution in [2.75, 3.05) is 13.2 Å². The number of amides is 2. The molecule has 0 saturated heterocycles. The molecule has 0 aliphatic rings. The fraction of sp³-hybridized carbons (Fsp3) is 0.736. The molecule has 2 atom stereocenters. The molecule has 2 amide bonds. The number of carboxylic acid groups (broad SMARTS) is 1. The van der Waals surface area contributed by atoms with Gasteiger partial charge >= 0.3 is 11.9 Å². The number of esters is 1. The van der Waals surface area contributed by atoms with Crippen molar-refractivity contribution >= 4 is 23.8 Å². The molecule has 0 aliphatic heterocycles. The number of carbonyl (C=O) groups is 4. The third-order valence-corrected chi connectivity index (χ3v) is 11.0. The van der Waals surface area contributed by atoms with Crippen molar-refractivity contribution < 1.29 is 34.1 Å². The highest BCUT2D eigenvalue weighted by molar-refractivity contribution is 5.87. The summed E-state index contributed by atoms with van der Waals surface area (Å²) in [5.41, 5.74) is 0. The van der Waals surface area contributed by atoms with Crippen LogP contribution in [0.4, 0.5) is 0 Å². The van der Waals surface area contributed by atoms with E-state index in [-0.39, 0.29) is 30.9 Å². The maximum Gasteiger partial charge on any atom is 0.328 e. The number of nitrogens with one attached hydrogen (secondary N) is 2. The Morgan fingerprint density at radius 2 is 0.887 bits per heavy atom. The van der Waals surface area contributed by atoms with Gasteiger partial charge in [0.1, 0.15) is 12.1 Å². The van der Waals surface area contributed by atoms with E-state index in [4.69, 9.17) is 14.9 Å². The zero-order valence-electron chi connectivity index (χ0n) is 39.6. The number of ether oxygens (including phenoxy) is 1. The van der Waals surface area contributed by atoms with Gasteiger partial charge in [-0.3, -0.25) is 14.4 Å². The van der Waals surface area contributed by atoms with Gasteiger partial charge in [-0.15, -0.1) is 0 Å². The molecule has 0 bridgehead atoms. The highest BCUT2D eigenvalue weighted by Gasteiger charge is 2.19. The molecule has 2 unspecified atom stereocenters. The number of aliphatic hydroxyl groups excluding tert-OH is 1. The van der Waals surface area contributed by atoms with E-state index in [1.165, 1.54) is 103 Å². The molecule has 9 nitrogen and oxygen atoms in total. The van der Waals surface area contributed by atoms with Gasteiger partial charge in [-0.1, -0.05) is 171 Å². The van der Waals surface area contributed by atoms with Crippen molar-refractivity contribution in [3.05, 3.63) is 60.8 Å². The first kappa shape index (κ1) is 58.5. The molecule has 0 aromatic rings. The second-order valence-electron chi connectivity index (χ2n) is 16.9. The number of hydrogen-bond acceptors (Lipinski definition) is 6. The molecule has 0 aromatic carbocycles. The van der Waals surface area contributed by atoms with Gasteiger partial charge in [-0.05, 0) is 103 Å². The molecule has 0 saturated carbocycles. The molecule has 356 valence electrons. The Balaban J connectivity index is 4.26. The highest BCUT2D eigenvalue weighted by atomic mass is 16.5. The second kappa shape index (κ2) is 47.0. The van der Waals surface area contributed by atoms with E-state index in [2.05, 4.69) is 85.2 Å². The van der Waals surface area contributed by atoms with Gasteiger partial charge < -0.3 is 25.6 Å². The van der Waals surface area contributed by atoms with E-state index in [1.807, 2.05) is 0 Å². The number of hydrogen-bond donors (Lipinski definition) is 4. The minimum atomic E-state index is -1.39. The molecule has 0 radical (unpaired) electrons. The monoisotopic (exact) mass is 869 g/mol. The van der Waals surface area contributed by atoms with Gasteiger partial charge in [-0.2, -0.15) is 0 Å². The van der Waals surface area contributed by atoms with Crippen LogP contribution in [0.1, 0.15) is 226 Å². The van der Waals surface area contributed by atoms with Crippen molar-refractivity contribution in [3.8, 4) is 0 Å². The van der Waals surface area contributed by atoms with Crippen LogP contribution in [0.2, 0.25) is 0 Å². The third kappa shape index (κ3) is 43.2. The van der Waals surface area contributed by atoms with Crippen LogP contribution in [0, 0.1) is 0 Å². The molecule has 0 aromatic heterocycles. The predicted molar refractivity (Wildman–Crippen MR) is 259 cm³/mol. The molecule has 0 rings (SSSR count). The number of unbranched alkanes of at least 4 members (excludes halogenated alkanes) is 21. The van der Waals surface area contributed by atoms with Crippen LogP contribution >= 0.6 is 0 Å². The van der Waals surface area contributed by atoms with E-state index in [1.54, 1.807) is 0 Å². The van der Waals surface area contributed by atoms with E-state index >= 15 is 0 Å². The molecule has 0 aliphatic carbocycles. The summed E-state index contributed by atoms with van der Waals surface area (Å²) in [6.45, 7) is 3.44. The van der Waals surface area contributed by atoms with Gasteiger partial charge in [0, 0.05) is 12.8 Å². The van der Waals surface area contributed by atoms with Gasteiger partial charge in [-0.25, -0.2) is 4.79 Å². The molecule has 9 heteroatoms. The van der Waals surface area contributed by atoms with Crippen molar-refractivity contribution in [1.29, 1.82) is 0 Å². The summed E-state index contributed by atoms with van der Waals surface area (Å²) in [5.74, 6) is -2.33. The lowest BCUT2D eigenvalue weighted by molar-refractivity contribution is -0.150. The smallest absolute Gasteiger partial charge is 0.328 e. The highest BCUT2D eigenvalue weighted by Crippen LogP contribution is 2.18. The number of aliphatic carboxylic acids is 1. The molecule has 62 heavy (non-hydrogen) atoms. The summed E-state index contributed by atoms with van der Waals surface area (Å²) in [6, 6.07) is -1.39. The van der Waals surface area contributed by atoms with E-state index in [0.29, 0.717) is 12.8 Å². The van der Waals surface area contributed by atoms with Crippen LogP contribution in [0.3, 0.4) is 0 Å². The van der Waals surface area contributed by atoms with Gasteiger partial charge in [0.2, 0.25) is 11.8 Å². The first-order chi connectivity index (χ1) is 30.3. The normalized spacial score (nSPS) is 13.0.